The van der Waals surface area contributed by atoms with Crippen LogP contribution in [0.4, 0.5) is 0 Å². The molecule has 0 spiro atoms. The van der Waals surface area contributed by atoms with E-state index in [4.69, 9.17) is 0 Å². The SMILES string of the molecule is CCC(NCCc1ccccn1)C1CCCCC1. The lowest BCUT2D eigenvalue weighted by atomic mass is 9.83. The van der Waals surface area contributed by atoms with Gasteiger partial charge in [0.15, 0.2) is 0 Å². The minimum atomic E-state index is 0.717. The lowest BCUT2D eigenvalue weighted by molar-refractivity contribution is 0.264. The number of hydrogen-bond acceptors (Lipinski definition) is 2. The van der Waals surface area contributed by atoms with Crippen molar-refractivity contribution in [2.75, 3.05) is 6.54 Å². The van der Waals surface area contributed by atoms with Crippen molar-refractivity contribution in [1.29, 1.82) is 0 Å². The van der Waals surface area contributed by atoms with Crippen molar-refractivity contribution in [2.45, 2.75) is 57.9 Å². The molecule has 1 fully saturated rings. The van der Waals surface area contributed by atoms with Crippen LogP contribution in [0, 0.1) is 5.92 Å². The van der Waals surface area contributed by atoms with Gasteiger partial charge in [-0.3, -0.25) is 4.98 Å². The van der Waals surface area contributed by atoms with Crippen LogP contribution in [0.25, 0.3) is 0 Å². The molecule has 0 radical (unpaired) electrons. The van der Waals surface area contributed by atoms with Crippen molar-refractivity contribution in [3.05, 3.63) is 30.1 Å². The van der Waals surface area contributed by atoms with Crippen LogP contribution in [-0.2, 0) is 6.42 Å². The van der Waals surface area contributed by atoms with Gasteiger partial charge in [-0.2, -0.15) is 0 Å². The molecule has 1 unspecified atom stereocenters. The first kappa shape index (κ1) is 13.5. The second-order valence-electron chi connectivity index (χ2n) is 5.44. The molecule has 1 saturated carbocycles. The number of nitrogens with one attached hydrogen (secondary N) is 1. The summed E-state index contributed by atoms with van der Waals surface area (Å²) in [7, 11) is 0. The Morgan fingerprint density at radius 3 is 2.78 bits per heavy atom. The fourth-order valence-corrected chi connectivity index (χ4v) is 3.11. The van der Waals surface area contributed by atoms with E-state index in [1.165, 1.54) is 44.2 Å². The molecule has 0 amide bonds. The molecule has 2 rings (SSSR count). The van der Waals surface area contributed by atoms with Gasteiger partial charge in [-0.15, -0.1) is 0 Å². The largest absolute Gasteiger partial charge is 0.313 e. The normalized spacial score (nSPS) is 18.7. The lowest BCUT2D eigenvalue weighted by Crippen LogP contribution is -2.37. The Morgan fingerprint density at radius 1 is 1.28 bits per heavy atom. The smallest absolute Gasteiger partial charge is 0.0416 e. The molecule has 1 aromatic rings. The molecule has 1 heterocycles. The summed E-state index contributed by atoms with van der Waals surface area (Å²) < 4.78 is 0. The molecule has 2 heteroatoms. The molecule has 100 valence electrons. The van der Waals surface area contributed by atoms with E-state index in [-0.39, 0.29) is 0 Å². The second kappa shape index (κ2) is 7.52. The maximum absolute atomic E-state index is 4.37. The van der Waals surface area contributed by atoms with Crippen LogP contribution in [0.3, 0.4) is 0 Å². The van der Waals surface area contributed by atoms with Crippen molar-refractivity contribution in [2.24, 2.45) is 5.92 Å². The zero-order valence-electron chi connectivity index (χ0n) is 11.6. The van der Waals surface area contributed by atoms with Crippen LogP contribution < -0.4 is 5.32 Å². The van der Waals surface area contributed by atoms with Crippen LogP contribution in [0.2, 0.25) is 0 Å². The van der Waals surface area contributed by atoms with E-state index in [1.807, 2.05) is 12.3 Å². The van der Waals surface area contributed by atoms with E-state index < -0.39 is 0 Å². The Morgan fingerprint density at radius 2 is 2.11 bits per heavy atom. The predicted molar refractivity (Wildman–Crippen MR) is 76.6 cm³/mol. The summed E-state index contributed by atoms with van der Waals surface area (Å²) >= 11 is 0. The van der Waals surface area contributed by atoms with Crippen LogP contribution in [0.1, 0.15) is 51.1 Å². The number of aromatic nitrogens is 1. The summed E-state index contributed by atoms with van der Waals surface area (Å²) in [6.07, 6.45) is 11.3. The van der Waals surface area contributed by atoms with E-state index in [1.54, 1.807) is 0 Å². The summed E-state index contributed by atoms with van der Waals surface area (Å²) in [5.41, 5.74) is 1.20. The van der Waals surface area contributed by atoms with Gasteiger partial charge in [-0.1, -0.05) is 32.3 Å². The van der Waals surface area contributed by atoms with Crippen molar-refractivity contribution < 1.29 is 0 Å². The molecule has 1 aromatic heterocycles. The van der Waals surface area contributed by atoms with Crippen LogP contribution in [-0.4, -0.2) is 17.6 Å². The van der Waals surface area contributed by atoms with Crippen LogP contribution in [0.15, 0.2) is 24.4 Å². The molecular formula is C16H26N2. The van der Waals surface area contributed by atoms with E-state index in [2.05, 4.69) is 29.4 Å². The first-order chi connectivity index (χ1) is 8.90. The third-order valence-electron chi connectivity index (χ3n) is 4.17. The molecule has 0 bridgehead atoms. The standard InChI is InChI=1S/C16H26N2/c1-2-16(14-8-4-3-5-9-14)18-13-11-15-10-6-7-12-17-15/h6-7,10,12,14,16,18H,2-5,8-9,11,13H2,1H3. The van der Waals surface area contributed by atoms with Gasteiger partial charge in [0.25, 0.3) is 0 Å². The Hall–Kier alpha value is -0.890. The molecule has 0 aromatic carbocycles. The van der Waals surface area contributed by atoms with Gasteiger partial charge in [-0.05, 0) is 37.3 Å². The molecule has 1 aliphatic carbocycles. The van der Waals surface area contributed by atoms with Gasteiger partial charge in [0.1, 0.15) is 0 Å². The third kappa shape index (κ3) is 4.09. The molecule has 2 nitrogen and oxygen atoms in total. The zero-order chi connectivity index (χ0) is 12.6. The van der Waals surface area contributed by atoms with Gasteiger partial charge >= 0.3 is 0 Å². The minimum Gasteiger partial charge on any atom is -0.313 e. The van der Waals surface area contributed by atoms with Crippen molar-refractivity contribution in [1.82, 2.24) is 10.3 Å². The topological polar surface area (TPSA) is 24.9 Å². The average molecular weight is 246 g/mol. The van der Waals surface area contributed by atoms with Gasteiger partial charge in [-0.25, -0.2) is 0 Å². The fraction of sp³-hybridized carbons (Fsp3) is 0.688. The molecule has 18 heavy (non-hydrogen) atoms. The molecule has 1 aliphatic rings. The summed E-state index contributed by atoms with van der Waals surface area (Å²) in [5, 5.41) is 3.75. The van der Waals surface area contributed by atoms with Gasteiger partial charge in [0.2, 0.25) is 0 Å². The van der Waals surface area contributed by atoms with Gasteiger partial charge in [0.05, 0.1) is 0 Å². The highest BCUT2D eigenvalue weighted by Gasteiger charge is 2.21. The number of nitrogens with zero attached hydrogens (tertiary/aromatic N) is 1. The number of pyridine rings is 1. The fourth-order valence-electron chi connectivity index (χ4n) is 3.11. The summed E-state index contributed by atoms with van der Waals surface area (Å²) in [6, 6.07) is 6.88. The maximum atomic E-state index is 4.37. The van der Waals surface area contributed by atoms with Crippen molar-refractivity contribution in [3.8, 4) is 0 Å². The van der Waals surface area contributed by atoms with E-state index in [9.17, 15) is 0 Å². The third-order valence-corrected chi connectivity index (χ3v) is 4.17. The van der Waals surface area contributed by atoms with E-state index >= 15 is 0 Å². The Kier molecular flexibility index (Phi) is 5.66. The van der Waals surface area contributed by atoms with E-state index in [0.29, 0.717) is 6.04 Å². The molecule has 1 N–H and O–H groups in total. The van der Waals surface area contributed by atoms with Crippen LogP contribution in [0.5, 0.6) is 0 Å². The first-order valence-electron chi connectivity index (χ1n) is 7.53. The lowest BCUT2D eigenvalue weighted by Gasteiger charge is -2.30. The van der Waals surface area contributed by atoms with Crippen molar-refractivity contribution >= 4 is 0 Å². The number of rotatable bonds is 6. The Bertz CT molecular complexity index is 317. The highest BCUT2D eigenvalue weighted by atomic mass is 14.9. The molecule has 0 saturated heterocycles. The molecule has 0 aliphatic heterocycles. The van der Waals surface area contributed by atoms with Gasteiger partial charge < -0.3 is 5.32 Å². The molecule has 1 atom stereocenters. The first-order valence-corrected chi connectivity index (χ1v) is 7.53. The average Bonchev–Trinajstić information content (AvgIpc) is 2.46. The van der Waals surface area contributed by atoms with Gasteiger partial charge in [0, 0.05) is 30.9 Å². The quantitative estimate of drug-likeness (QED) is 0.830. The minimum absolute atomic E-state index is 0.717. The summed E-state index contributed by atoms with van der Waals surface area (Å²) in [4.78, 5) is 4.37. The highest BCUT2D eigenvalue weighted by molar-refractivity contribution is 5.03. The summed E-state index contributed by atoms with van der Waals surface area (Å²) in [5.74, 6) is 0.910. The van der Waals surface area contributed by atoms with Crippen molar-refractivity contribution in [3.63, 3.8) is 0 Å². The zero-order valence-corrected chi connectivity index (χ0v) is 11.6. The maximum Gasteiger partial charge on any atom is 0.0416 e. The van der Waals surface area contributed by atoms with Crippen LogP contribution >= 0.6 is 0 Å². The molecular weight excluding hydrogens is 220 g/mol. The Labute approximate surface area is 111 Å². The van der Waals surface area contributed by atoms with E-state index in [0.717, 1.165) is 18.9 Å². The summed E-state index contributed by atoms with van der Waals surface area (Å²) in [6.45, 7) is 3.37. The predicted octanol–water partition coefficient (Wildman–Crippen LogP) is 3.57. The Balaban J connectivity index is 1.73. The second-order valence-corrected chi connectivity index (χ2v) is 5.44. The highest BCUT2D eigenvalue weighted by Crippen LogP contribution is 2.27. The monoisotopic (exact) mass is 246 g/mol. The number of hydrogen-bond donors (Lipinski definition) is 1.